The van der Waals surface area contributed by atoms with E-state index in [9.17, 15) is 33.6 Å². The van der Waals surface area contributed by atoms with Gasteiger partial charge in [0.05, 0.1) is 6.61 Å². The van der Waals surface area contributed by atoms with Gasteiger partial charge in [0.25, 0.3) is 11.8 Å². The first-order valence-electron chi connectivity index (χ1n) is 17.1. The van der Waals surface area contributed by atoms with E-state index < -0.39 is 36.1 Å². The fourth-order valence-electron chi connectivity index (χ4n) is 5.41. The van der Waals surface area contributed by atoms with Gasteiger partial charge in [0, 0.05) is 43.4 Å². The molecule has 15 nitrogen and oxygen atoms in total. The first-order valence-corrected chi connectivity index (χ1v) is 17.1. The Kier molecular flexibility index (Phi) is 15.2. The molecule has 1 aromatic rings. The molecule has 7 amide bonds. The van der Waals surface area contributed by atoms with Gasteiger partial charge in [0.1, 0.15) is 18.7 Å². The molecule has 2 aliphatic rings. The van der Waals surface area contributed by atoms with Crippen LogP contribution in [0.4, 0.5) is 15.3 Å². The maximum absolute atomic E-state index is 13.2. The summed E-state index contributed by atoms with van der Waals surface area (Å²) in [5, 5.41) is 13.3. The Morgan fingerprint density at radius 3 is 1.92 bits per heavy atom. The molecule has 15 heteroatoms. The molecule has 0 aromatic heterocycles. The summed E-state index contributed by atoms with van der Waals surface area (Å²) < 4.78 is 10.2. The number of carbonyl (C=O) groups is 7. The van der Waals surface area contributed by atoms with Crippen molar-refractivity contribution in [2.75, 3.05) is 31.6 Å². The Morgan fingerprint density at radius 2 is 1.36 bits per heavy atom. The van der Waals surface area contributed by atoms with Crippen molar-refractivity contribution in [1.29, 1.82) is 0 Å². The number of hydrogen-bond donors (Lipinski definition) is 5. The van der Waals surface area contributed by atoms with Gasteiger partial charge in [-0.2, -0.15) is 0 Å². The van der Waals surface area contributed by atoms with Crippen LogP contribution in [0.1, 0.15) is 65.9 Å². The van der Waals surface area contributed by atoms with Crippen LogP contribution in [0.2, 0.25) is 0 Å². The zero-order valence-electron chi connectivity index (χ0n) is 29.4. The van der Waals surface area contributed by atoms with Crippen molar-refractivity contribution in [3.05, 3.63) is 42.0 Å². The maximum atomic E-state index is 13.2. The van der Waals surface area contributed by atoms with Crippen LogP contribution < -0.4 is 26.6 Å². The van der Waals surface area contributed by atoms with Crippen molar-refractivity contribution in [3.63, 3.8) is 0 Å². The molecule has 0 unspecified atom stereocenters. The Morgan fingerprint density at radius 1 is 0.780 bits per heavy atom. The largest absolute Gasteiger partial charge is 0.449 e. The van der Waals surface area contributed by atoms with Crippen LogP contribution in [-0.2, 0) is 40.1 Å². The van der Waals surface area contributed by atoms with E-state index in [0.29, 0.717) is 50.1 Å². The van der Waals surface area contributed by atoms with E-state index in [-0.39, 0.29) is 61.1 Å². The van der Waals surface area contributed by atoms with E-state index >= 15 is 0 Å². The Bertz CT molecular complexity index is 1390. The molecule has 1 saturated carbocycles. The molecule has 0 spiro atoms. The number of rotatable bonds is 16. The Labute approximate surface area is 292 Å². The monoisotopic (exact) mass is 698 g/mol. The summed E-state index contributed by atoms with van der Waals surface area (Å²) in [4.78, 5) is 87.6. The highest BCUT2D eigenvalue weighted by atomic mass is 16.6. The van der Waals surface area contributed by atoms with Gasteiger partial charge in [-0.1, -0.05) is 39.8 Å². The number of nitrogens with one attached hydrogen (secondary N) is 5. The second-order valence-electron chi connectivity index (χ2n) is 13.4. The van der Waals surface area contributed by atoms with Gasteiger partial charge >= 0.3 is 12.2 Å². The molecule has 1 heterocycles. The minimum absolute atomic E-state index is 0.0154. The summed E-state index contributed by atoms with van der Waals surface area (Å²) in [6, 6.07) is 4.89. The zero-order chi connectivity index (χ0) is 36.8. The van der Waals surface area contributed by atoms with E-state index in [0.717, 1.165) is 0 Å². The second kappa shape index (κ2) is 19.3. The number of anilines is 1. The van der Waals surface area contributed by atoms with Crippen LogP contribution in [0.3, 0.4) is 0 Å². The number of imide groups is 1. The van der Waals surface area contributed by atoms with Crippen LogP contribution in [0.25, 0.3) is 0 Å². The molecular weight excluding hydrogens is 648 g/mol. The number of benzene rings is 1. The van der Waals surface area contributed by atoms with Crippen molar-refractivity contribution in [2.24, 2.45) is 23.7 Å². The quantitative estimate of drug-likeness (QED) is 0.127. The third-order valence-corrected chi connectivity index (χ3v) is 8.36. The molecule has 1 aliphatic heterocycles. The highest BCUT2D eigenvalue weighted by Gasteiger charge is 2.34. The predicted molar refractivity (Wildman–Crippen MR) is 183 cm³/mol. The summed E-state index contributed by atoms with van der Waals surface area (Å²) in [6.45, 7) is 9.98. The van der Waals surface area contributed by atoms with Gasteiger partial charge in [-0.05, 0) is 68.1 Å². The molecule has 1 fully saturated rings. The average molecular weight is 699 g/mol. The number of carbonyl (C=O) groups excluding carboxylic acids is 7. The van der Waals surface area contributed by atoms with Crippen molar-refractivity contribution in [2.45, 2.75) is 79.0 Å². The van der Waals surface area contributed by atoms with E-state index in [1.807, 2.05) is 27.7 Å². The minimum Gasteiger partial charge on any atom is -0.449 e. The molecular formula is C35H50N6O9. The van der Waals surface area contributed by atoms with Crippen molar-refractivity contribution >= 4 is 47.4 Å². The summed E-state index contributed by atoms with van der Waals surface area (Å²) in [5.74, 6) is -1.97. The minimum atomic E-state index is -0.903. The summed E-state index contributed by atoms with van der Waals surface area (Å²) in [7, 11) is 0. The molecule has 1 aliphatic carbocycles. The zero-order valence-corrected chi connectivity index (χ0v) is 29.4. The lowest BCUT2D eigenvalue weighted by atomic mass is 9.81. The first-order chi connectivity index (χ1) is 23.7. The lowest BCUT2D eigenvalue weighted by Gasteiger charge is -2.31. The normalized spacial score (nSPS) is 18.3. The number of nitrogens with zero attached hydrogens (tertiary/aromatic N) is 1. The lowest BCUT2D eigenvalue weighted by Crippen LogP contribution is -2.54. The Hall–Kier alpha value is -4.95. The van der Waals surface area contributed by atoms with E-state index in [1.165, 1.54) is 17.1 Å². The van der Waals surface area contributed by atoms with Gasteiger partial charge in [-0.15, -0.1) is 0 Å². The molecule has 0 bridgehead atoms. The average Bonchev–Trinajstić information content (AvgIpc) is 3.39. The molecule has 0 saturated heterocycles. The molecule has 5 N–H and O–H groups in total. The third-order valence-electron chi connectivity index (χ3n) is 8.36. The molecule has 274 valence electrons. The maximum Gasteiger partial charge on any atom is 0.407 e. The highest BCUT2D eigenvalue weighted by Crippen LogP contribution is 2.30. The molecule has 1 aromatic carbocycles. The van der Waals surface area contributed by atoms with Gasteiger partial charge in [-0.25, -0.2) is 9.59 Å². The van der Waals surface area contributed by atoms with Crippen LogP contribution in [0, 0.1) is 23.7 Å². The van der Waals surface area contributed by atoms with Gasteiger partial charge in [0.15, 0.2) is 0 Å². The Balaban J connectivity index is 1.37. The number of alkyl carbamates (subject to hydrolysis) is 2. The van der Waals surface area contributed by atoms with Crippen LogP contribution in [0.15, 0.2) is 36.4 Å². The highest BCUT2D eigenvalue weighted by molar-refractivity contribution is 6.12. The van der Waals surface area contributed by atoms with Crippen molar-refractivity contribution in [1.82, 2.24) is 26.2 Å². The molecule has 0 radical (unpaired) electrons. The van der Waals surface area contributed by atoms with Gasteiger partial charge in [-0.3, -0.25) is 28.9 Å². The van der Waals surface area contributed by atoms with Gasteiger partial charge < -0.3 is 36.1 Å². The predicted octanol–water partition coefficient (Wildman–Crippen LogP) is 2.61. The number of hydrogen-bond acceptors (Lipinski definition) is 9. The number of ether oxygens (including phenoxy) is 2. The standard InChI is InChI=1S/C35H50N6O9/c1-21(2)19-49-34(47)36-16-17-37-35(48)50-20-25-8-12-27(13-9-25)39-31(44)23(5)38-33(46)30(22(3)4)40-32(45)26-10-6-24(7-11-26)18-41-28(42)14-15-29(41)43/h8-9,12-15,21-24,26,30H,6-7,10-11,16-20H2,1-5H3,(H,36,47)(H,37,48)(H,38,46)(H,39,44)(H,40,45)/t23-,24?,26?,30-/m0/s1. The summed E-state index contributed by atoms with van der Waals surface area (Å²) in [6.07, 6.45) is 3.86. The SMILES string of the molecule is CC(C)COC(=O)NCCNC(=O)OCc1ccc(NC(=O)[C@H](C)NC(=O)[C@@H](NC(=O)C2CCC(CN3C(=O)C=CC3=O)CC2)C(C)C)cc1. The fraction of sp³-hybridized carbons (Fsp3) is 0.571. The third kappa shape index (κ3) is 12.8. The fourth-order valence-corrected chi connectivity index (χ4v) is 5.41. The van der Waals surface area contributed by atoms with Crippen molar-refractivity contribution < 1.29 is 43.0 Å². The smallest absolute Gasteiger partial charge is 0.407 e. The van der Waals surface area contributed by atoms with E-state index in [2.05, 4.69) is 26.6 Å². The van der Waals surface area contributed by atoms with Gasteiger partial charge in [0.2, 0.25) is 17.7 Å². The van der Waals surface area contributed by atoms with Crippen LogP contribution in [0.5, 0.6) is 0 Å². The molecule has 3 rings (SSSR count). The number of amides is 7. The van der Waals surface area contributed by atoms with E-state index in [4.69, 9.17) is 9.47 Å². The van der Waals surface area contributed by atoms with Crippen LogP contribution >= 0.6 is 0 Å². The second-order valence-corrected chi connectivity index (χ2v) is 13.4. The summed E-state index contributed by atoms with van der Waals surface area (Å²) >= 11 is 0. The molecule has 50 heavy (non-hydrogen) atoms. The van der Waals surface area contributed by atoms with E-state index in [1.54, 1.807) is 31.2 Å². The summed E-state index contributed by atoms with van der Waals surface area (Å²) in [5.41, 5.74) is 1.15. The van der Waals surface area contributed by atoms with Crippen molar-refractivity contribution in [3.8, 4) is 0 Å². The first kappa shape index (κ1) is 39.5. The molecule has 2 atom stereocenters. The van der Waals surface area contributed by atoms with Crippen LogP contribution in [-0.4, -0.2) is 84.9 Å². The topological polar surface area (TPSA) is 201 Å². The lowest BCUT2D eigenvalue weighted by molar-refractivity contribution is -0.138.